The lowest BCUT2D eigenvalue weighted by atomic mass is 9.87. The van der Waals surface area contributed by atoms with Gasteiger partial charge < -0.3 is 0 Å². The van der Waals surface area contributed by atoms with E-state index in [0.717, 1.165) is 0 Å². The van der Waals surface area contributed by atoms with E-state index in [0.29, 0.717) is 0 Å². The highest BCUT2D eigenvalue weighted by Gasteiger charge is 2.15. The zero-order valence-electron chi connectivity index (χ0n) is 10.1. The lowest BCUT2D eigenvalue weighted by Crippen LogP contribution is -2.10. The van der Waals surface area contributed by atoms with Crippen molar-refractivity contribution >= 4 is 21.4 Å². The molecule has 0 nitrogen and oxygen atoms in total. The standard InChI is InChI=1S/C14H18S/c1-9-10(2)15-13-8-11(14(3,4)5)6-7-12(9)13/h6-8H,1-5H3. The van der Waals surface area contributed by atoms with E-state index in [9.17, 15) is 0 Å². The van der Waals surface area contributed by atoms with Gasteiger partial charge in [0.1, 0.15) is 0 Å². The number of hydrogen-bond acceptors (Lipinski definition) is 1. The maximum absolute atomic E-state index is 2.35. The lowest BCUT2D eigenvalue weighted by molar-refractivity contribution is 0.591. The van der Waals surface area contributed by atoms with E-state index in [1.165, 1.54) is 26.1 Å². The number of rotatable bonds is 0. The van der Waals surface area contributed by atoms with Crippen LogP contribution in [0.2, 0.25) is 0 Å². The Balaban J connectivity index is 2.67. The van der Waals surface area contributed by atoms with Crippen LogP contribution in [-0.2, 0) is 5.41 Å². The molecule has 2 aromatic rings. The van der Waals surface area contributed by atoms with Crippen LogP contribution in [0.3, 0.4) is 0 Å². The van der Waals surface area contributed by atoms with Crippen molar-refractivity contribution in [2.24, 2.45) is 0 Å². The van der Waals surface area contributed by atoms with Crippen molar-refractivity contribution in [1.82, 2.24) is 0 Å². The summed E-state index contributed by atoms with van der Waals surface area (Å²) in [5.74, 6) is 0. The molecule has 0 fully saturated rings. The average molecular weight is 218 g/mol. The second-order valence-electron chi connectivity index (χ2n) is 5.24. The molecule has 0 aliphatic rings. The van der Waals surface area contributed by atoms with Crippen molar-refractivity contribution in [1.29, 1.82) is 0 Å². The van der Waals surface area contributed by atoms with Gasteiger partial charge in [-0.15, -0.1) is 11.3 Å². The van der Waals surface area contributed by atoms with Crippen LogP contribution < -0.4 is 0 Å². The molecular formula is C14H18S. The Morgan fingerprint density at radius 2 is 1.73 bits per heavy atom. The van der Waals surface area contributed by atoms with Crippen LogP contribution in [0.4, 0.5) is 0 Å². The Bertz CT molecular complexity index is 498. The fourth-order valence-corrected chi connectivity index (χ4v) is 2.92. The van der Waals surface area contributed by atoms with Gasteiger partial charge in [-0.2, -0.15) is 0 Å². The minimum Gasteiger partial charge on any atom is -0.140 e. The number of fused-ring (bicyclic) bond motifs is 1. The second kappa shape index (κ2) is 3.34. The van der Waals surface area contributed by atoms with Crippen LogP contribution >= 0.6 is 11.3 Å². The first kappa shape index (κ1) is 10.7. The molecule has 0 amide bonds. The molecule has 0 N–H and O–H groups in total. The minimum atomic E-state index is 0.250. The molecule has 1 aromatic carbocycles. The molecule has 0 saturated carbocycles. The SMILES string of the molecule is Cc1sc2cc(C(C)(C)C)ccc2c1C. The summed E-state index contributed by atoms with van der Waals surface area (Å²) in [5, 5.41) is 1.42. The van der Waals surface area contributed by atoms with Crippen molar-refractivity contribution in [3.05, 3.63) is 34.2 Å². The molecule has 1 heteroatoms. The van der Waals surface area contributed by atoms with Crippen LogP contribution in [0.5, 0.6) is 0 Å². The molecule has 0 radical (unpaired) electrons. The predicted octanol–water partition coefficient (Wildman–Crippen LogP) is 4.82. The lowest BCUT2D eigenvalue weighted by Gasteiger charge is -2.18. The van der Waals surface area contributed by atoms with Crippen molar-refractivity contribution in [3.63, 3.8) is 0 Å². The first-order valence-corrected chi connectivity index (χ1v) is 6.21. The van der Waals surface area contributed by atoms with Gasteiger partial charge in [-0.3, -0.25) is 0 Å². The largest absolute Gasteiger partial charge is 0.140 e. The van der Waals surface area contributed by atoms with Gasteiger partial charge in [0.05, 0.1) is 0 Å². The van der Waals surface area contributed by atoms with Gasteiger partial charge in [0, 0.05) is 9.58 Å². The number of thiophene rings is 1. The van der Waals surface area contributed by atoms with Crippen molar-refractivity contribution < 1.29 is 0 Å². The van der Waals surface area contributed by atoms with Gasteiger partial charge >= 0.3 is 0 Å². The quantitative estimate of drug-likeness (QED) is 0.595. The zero-order chi connectivity index (χ0) is 11.2. The van der Waals surface area contributed by atoms with Gasteiger partial charge in [-0.05, 0) is 41.8 Å². The topological polar surface area (TPSA) is 0 Å². The summed E-state index contributed by atoms with van der Waals surface area (Å²) >= 11 is 1.91. The van der Waals surface area contributed by atoms with E-state index in [4.69, 9.17) is 0 Å². The number of benzene rings is 1. The molecule has 0 saturated heterocycles. The fraction of sp³-hybridized carbons (Fsp3) is 0.429. The molecule has 0 unspecified atom stereocenters. The van der Waals surface area contributed by atoms with Crippen LogP contribution in [-0.4, -0.2) is 0 Å². The Morgan fingerprint density at radius 1 is 1.07 bits per heavy atom. The summed E-state index contributed by atoms with van der Waals surface area (Å²) in [5.41, 5.74) is 3.12. The summed E-state index contributed by atoms with van der Waals surface area (Å²) < 4.78 is 1.43. The van der Waals surface area contributed by atoms with Crippen LogP contribution in [0.15, 0.2) is 18.2 Å². The fourth-order valence-electron chi connectivity index (χ4n) is 1.81. The van der Waals surface area contributed by atoms with Gasteiger partial charge in [-0.25, -0.2) is 0 Å². The summed E-state index contributed by atoms with van der Waals surface area (Å²) in [6.07, 6.45) is 0. The first-order chi connectivity index (χ1) is 6.89. The van der Waals surface area contributed by atoms with Crippen LogP contribution in [0.25, 0.3) is 10.1 Å². The van der Waals surface area contributed by atoms with Crippen molar-refractivity contribution in [2.75, 3.05) is 0 Å². The van der Waals surface area contributed by atoms with Crippen molar-refractivity contribution in [2.45, 2.75) is 40.0 Å². The van der Waals surface area contributed by atoms with E-state index >= 15 is 0 Å². The van der Waals surface area contributed by atoms with E-state index in [-0.39, 0.29) is 5.41 Å². The van der Waals surface area contributed by atoms with E-state index < -0.39 is 0 Å². The van der Waals surface area contributed by atoms with E-state index in [1.807, 2.05) is 11.3 Å². The Kier molecular flexibility index (Phi) is 2.38. The molecule has 2 rings (SSSR count). The maximum atomic E-state index is 2.35. The normalized spacial score (nSPS) is 12.3. The number of aryl methyl sites for hydroxylation is 2. The van der Waals surface area contributed by atoms with Gasteiger partial charge in [-0.1, -0.05) is 32.9 Å². The molecule has 0 bridgehead atoms. The molecule has 0 aliphatic carbocycles. The molecule has 0 aliphatic heterocycles. The third-order valence-electron chi connectivity index (χ3n) is 3.04. The highest BCUT2D eigenvalue weighted by molar-refractivity contribution is 7.19. The first-order valence-electron chi connectivity index (χ1n) is 5.40. The Hall–Kier alpha value is -0.820. The average Bonchev–Trinajstić information content (AvgIpc) is 2.41. The molecular weight excluding hydrogens is 200 g/mol. The van der Waals surface area contributed by atoms with E-state index in [2.05, 4.69) is 52.8 Å². The van der Waals surface area contributed by atoms with Gasteiger partial charge in [0.25, 0.3) is 0 Å². The molecule has 15 heavy (non-hydrogen) atoms. The van der Waals surface area contributed by atoms with E-state index in [1.54, 1.807) is 0 Å². The Labute approximate surface area is 95.9 Å². The summed E-state index contributed by atoms with van der Waals surface area (Å²) in [6, 6.07) is 6.89. The smallest absolute Gasteiger partial charge is 0.0351 e. The third kappa shape index (κ3) is 1.81. The van der Waals surface area contributed by atoms with Crippen LogP contribution in [0, 0.1) is 13.8 Å². The zero-order valence-corrected chi connectivity index (χ0v) is 11.0. The van der Waals surface area contributed by atoms with Gasteiger partial charge in [0.15, 0.2) is 0 Å². The Morgan fingerprint density at radius 3 is 2.33 bits per heavy atom. The maximum Gasteiger partial charge on any atom is 0.0351 e. The molecule has 1 aromatic heterocycles. The highest BCUT2D eigenvalue weighted by Crippen LogP contribution is 2.33. The summed E-state index contributed by atoms with van der Waals surface area (Å²) in [4.78, 5) is 1.44. The highest BCUT2D eigenvalue weighted by atomic mass is 32.1. The van der Waals surface area contributed by atoms with Crippen LogP contribution in [0.1, 0.15) is 36.8 Å². The molecule has 0 atom stereocenters. The van der Waals surface area contributed by atoms with Gasteiger partial charge in [0.2, 0.25) is 0 Å². The number of hydrogen-bond donors (Lipinski definition) is 0. The summed E-state index contributed by atoms with van der Waals surface area (Å²) in [7, 11) is 0. The molecule has 1 heterocycles. The monoisotopic (exact) mass is 218 g/mol. The molecule has 80 valence electrons. The predicted molar refractivity (Wildman–Crippen MR) is 70.0 cm³/mol. The van der Waals surface area contributed by atoms with Crippen molar-refractivity contribution in [3.8, 4) is 0 Å². The minimum absolute atomic E-state index is 0.250. The second-order valence-corrected chi connectivity index (χ2v) is 6.50. The molecule has 0 spiro atoms. The summed E-state index contributed by atoms with van der Waals surface area (Å²) in [6.45, 7) is 11.2. The third-order valence-corrected chi connectivity index (χ3v) is 4.21.